The molecular formula is C17H20FN3O2S. The topological polar surface area (TPSA) is 53.5 Å². The number of anilines is 1. The van der Waals surface area contributed by atoms with Gasteiger partial charge < -0.3 is 4.90 Å². The Balaban J connectivity index is 1.56. The zero-order valence-electron chi connectivity index (χ0n) is 13.3. The fourth-order valence-corrected chi connectivity index (χ4v) is 4.23. The van der Waals surface area contributed by atoms with Crippen LogP contribution in [0.3, 0.4) is 0 Å². The number of nitrogens with zero attached hydrogens (tertiary/aromatic N) is 3. The minimum atomic E-state index is -3.29. The van der Waals surface area contributed by atoms with Gasteiger partial charge in [0.15, 0.2) is 0 Å². The number of hydrogen-bond donors (Lipinski definition) is 0. The molecule has 0 aliphatic carbocycles. The number of halogens is 1. The molecule has 5 nitrogen and oxygen atoms in total. The molecule has 1 aromatic heterocycles. The van der Waals surface area contributed by atoms with Gasteiger partial charge in [-0.3, -0.25) is 4.98 Å². The summed E-state index contributed by atoms with van der Waals surface area (Å²) in [7, 11) is -3.29. The van der Waals surface area contributed by atoms with Crippen LogP contribution in [0.15, 0.2) is 48.7 Å². The molecule has 0 unspecified atom stereocenters. The molecule has 1 saturated heterocycles. The number of aryl methyl sites for hydroxylation is 1. The predicted molar refractivity (Wildman–Crippen MR) is 91.9 cm³/mol. The lowest BCUT2D eigenvalue weighted by Crippen LogP contribution is -2.49. The van der Waals surface area contributed by atoms with Gasteiger partial charge in [-0.05, 0) is 36.4 Å². The van der Waals surface area contributed by atoms with Crippen LogP contribution in [0, 0.1) is 5.82 Å². The first-order chi connectivity index (χ1) is 11.5. The summed E-state index contributed by atoms with van der Waals surface area (Å²) in [6.45, 7) is 2.10. The van der Waals surface area contributed by atoms with Crippen molar-refractivity contribution in [3.05, 3.63) is 60.2 Å². The van der Waals surface area contributed by atoms with Crippen molar-refractivity contribution in [2.24, 2.45) is 0 Å². The first-order valence-corrected chi connectivity index (χ1v) is 9.54. The number of aromatic nitrogens is 1. The smallest absolute Gasteiger partial charge is 0.214 e. The first-order valence-electron chi connectivity index (χ1n) is 7.93. The van der Waals surface area contributed by atoms with Gasteiger partial charge >= 0.3 is 0 Å². The number of rotatable bonds is 5. The van der Waals surface area contributed by atoms with E-state index in [0.29, 0.717) is 32.6 Å². The zero-order chi connectivity index (χ0) is 17.0. The van der Waals surface area contributed by atoms with E-state index in [1.807, 2.05) is 18.2 Å². The maximum Gasteiger partial charge on any atom is 0.214 e. The normalized spacial score (nSPS) is 16.3. The van der Waals surface area contributed by atoms with Crippen molar-refractivity contribution < 1.29 is 12.8 Å². The van der Waals surface area contributed by atoms with Crippen LogP contribution >= 0.6 is 0 Å². The summed E-state index contributed by atoms with van der Waals surface area (Å²) in [6, 6.07) is 11.8. The summed E-state index contributed by atoms with van der Waals surface area (Å²) in [4.78, 5) is 6.24. The molecule has 1 aliphatic heterocycles. The Kier molecular flexibility index (Phi) is 5.11. The molecule has 24 heavy (non-hydrogen) atoms. The summed E-state index contributed by atoms with van der Waals surface area (Å²) in [5.74, 6) is -0.199. The second-order valence-corrected chi connectivity index (χ2v) is 7.84. The lowest BCUT2D eigenvalue weighted by molar-refractivity contribution is 0.385. The first kappa shape index (κ1) is 16.9. The molecule has 1 aromatic carbocycles. The van der Waals surface area contributed by atoms with E-state index in [9.17, 15) is 12.8 Å². The van der Waals surface area contributed by atoms with E-state index in [0.717, 1.165) is 11.4 Å². The molecule has 2 aromatic rings. The fraction of sp³-hybridized carbons (Fsp3) is 0.353. The molecular weight excluding hydrogens is 329 g/mol. The van der Waals surface area contributed by atoms with E-state index in [4.69, 9.17) is 0 Å². The van der Waals surface area contributed by atoms with E-state index in [1.165, 1.54) is 16.4 Å². The Morgan fingerprint density at radius 1 is 1.00 bits per heavy atom. The summed E-state index contributed by atoms with van der Waals surface area (Å²) in [5.41, 5.74) is 1.70. The molecule has 0 bridgehead atoms. The monoisotopic (exact) mass is 349 g/mol. The molecule has 2 heterocycles. The van der Waals surface area contributed by atoms with Gasteiger partial charge in [0.1, 0.15) is 5.82 Å². The number of piperazine rings is 1. The van der Waals surface area contributed by atoms with E-state index >= 15 is 0 Å². The SMILES string of the molecule is O=S(=O)(CCc1ccccn1)N1CCN(c2ccc(F)cc2)CC1. The summed E-state index contributed by atoms with van der Waals surface area (Å²) >= 11 is 0. The zero-order valence-corrected chi connectivity index (χ0v) is 14.1. The Morgan fingerprint density at radius 2 is 1.71 bits per heavy atom. The fourth-order valence-electron chi connectivity index (χ4n) is 2.79. The van der Waals surface area contributed by atoms with Gasteiger partial charge in [-0.25, -0.2) is 12.8 Å². The maximum absolute atomic E-state index is 13.0. The van der Waals surface area contributed by atoms with Gasteiger partial charge in [0, 0.05) is 50.2 Å². The standard InChI is InChI=1S/C17H20FN3O2S/c18-15-4-6-17(7-5-15)20-10-12-21(13-11-20)24(22,23)14-8-16-3-1-2-9-19-16/h1-7,9H,8,10-14H2. The second kappa shape index (κ2) is 7.27. The summed E-state index contributed by atoms with van der Waals surface area (Å²) in [6.07, 6.45) is 2.09. The van der Waals surface area contributed by atoms with Gasteiger partial charge in [0.25, 0.3) is 0 Å². The van der Waals surface area contributed by atoms with Crippen LogP contribution in [0.2, 0.25) is 0 Å². The van der Waals surface area contributed by atoms with Crippen molar-refractivity contribution in [3.8, 4) is 0 Å². The van der Waals surface area contributed by atoms with Gasteiger partial charge in [-0.2, -0.15) is 4.31 Å². The quantitative estimate of drug-likeness (QED) is 0.828. The lowest BCUT2D eigenvalue weighted by atomic mass is 10.2. The lowest BCUT2D eigenvalue weighted by Gasteiger charge is -2.35. The van der Waals surface area contributed by atoms with Crippen molar-refractivity contribution in [2.45, 2.75) is 6.42 Å². The van der Waals surface area contributed by atoms with Crippen LogP contribution in [0.1, 0.15) is 5.69 Å². The summed E-state index contributed by atoms with van der Waals surface area (Å²) < 4.78 is 39.5. The van der Waals surface area contributed by atoms with E-state index < -0.39 is 10.0 Å². The Hall–Kier alpha value is -1.99. The molecule has 0 radical (unpaired) electrons. The highest BCUT2D eigenvalue weighted by Crippen LogP contribution is 2.18. The largest absolute Gasteiger partial charge is 0.369 e. The summed E-state index contributed by atoms with van der Waals surface area (Å²) in [5, 5.41) is 0. The van der Waals surface area contributed by atoms with Crippen molar-refractivity contribution in [1.82, 2.24) is 9.29 Å². The van der Waals surface area contributed by atoms with Crippen LogP contribution in [0.4, 0.5) is 10.1 Å². The van der Waals surface area contributed by atoms with Crippen LogP contribution in [0.5, 0.6) is 0 Å². The Labute approximate surface area is 141 Å². The van der Waals surface area contributed by atoms with Crippen molar-refractivity contribution in [2.75, 3.05) is 36.8 Å². The Bertz CT molecular complexity index is 758. The average Bonchev–Trinajstić information content (AvgIpc) is 2.62. The third-order valence-corrected chi connectivity index (χ3v) is 6.04. The number of sulfonamides is 1. The number of hydrogen-bond acceptors (Lipinski definition) is 4. The van der Waals surface area contributed by atoms with Crippen LogP contribution in [0.25, 0.3) is 0 Å². The second-order valence-electron chi connectivity index (χ2n) is 5.75. The van der Waals surface area contributed by atoms with Crippen molar-refractivity contribution in [1.29, 1.82) is 0 Å². The molecule has 1 fully saturated rings. The van der Waals surface area contributed by atoms with Crippen molar-refractivity contribution >= 4 is 15.7 Å². The average molecular weight is 349 g/mol. The highest BCUT2D eigenvalue weighted by atomic mass is 32.2. The van der Waals surface area contributed by atoms with E-state index in [1.54, 1.807) is 18.3 Å². The van der Waals surface area contributed by atoms with Crippen LogP contribution in [-0.2, 0) is 16.4 Å². The molecule has 3 rings (SSSR count). The van der Waals surface area contributed by atoms with Gasteiger partial charge in [-0.15, -0.1) is 0 Å². The molecule has 7 heteroatoms. The highest BCUT2D eigenvalue weighted by molar-refractivity contribution is 7.89. The van der Waals surface area contributed by atoms with Crippen molar-refractivity contribution in [3.63, 3.8) is 0 Å². The van der Waals surface area contributed by atoms with Gasteiger partial charge in [0.2, 0.25) is 10.0 Å². The van der Waals surface area contributed by atoms with Gasteiger partial charge in [-0.1, -0.05) is 6.07 Å². The minimum Gasteiger partial charge on any atom is -0.369 e. The molecule has 0 N–H and O–H groups in total. The van der Waals surface area contributed by atoms with Crippen LogP contribution in [-0.4, -0.2) is 49.6 Å². The number of benzene rings is 1. The third kappa shape index (κ3) is 4.10. The maximum atomic E-state index is 13.0. The number of pyridine rings is 1. The van der Waals surface area contributed by atoms with E-state index in [2.05, 4.69) is 9.88 Å². The van der Waals surface area contributed by atoms with Crippen LogP contribution < -0.4 is 4.90 Å². The molecule has 0 amide bonds. The minimum absolute atomic E-state index is 0.0700. The molecule has 0 spiro atoms. The molecule has 1 aliphatic rings. The molecule has 0 saturated carbocycles. The van der Waals surface area contributed by atoms with Gasteiger partial charge in [0.05, 0.1) is 5.75 Å². The Morgan fingerprint density at radius 3 is 2.33 bits per heavy atom. The van der Waals surface area contributed by atoms with E-state index in [-0.39, 0.29) is 11.6 Å². The molecule has 128 valence electrons. The third-order valence-electron chi connectivity index (χ3n) is 4.17. The highest BCUT2D eigenvalue weighted by Gasteiger charge is 2.26. The molecule has 0 atom stereocenters. The predicted octanol–water partition coefficient (Wildman–Crippen LogP) is 1.92.